The molecule has 1 aliphatic rings. The lowest BCUT2D eigenvalue weighted by Crippen LogP contribution is -2.45. The number of amides is 4. The number of para-hydroxylation sites is 1. The number of carbonyl (C=O) groups excluding carboxylic acids is 3. The molecule has 0 aromatic heterocycles. The summed E-state index contributed by atoms with van der Waals surface area (Å²) in [5.74, 6) is -0.0649. The molecule has 0 saturated carbocycles. The van der Waals surface area contributed by atoms with Crippen LogP contribution in [0.3, 0.4) is 0 Å². The lowest BCUT2D eigenvalue weighted by Gasteiger charge is -2.21. The molecule has 1 fully saturated rings. The van der Waals surface area contributed by atoms with E-state index in [0.717, 1.165) is 27.3 Å². The van der Waals surface area contributed by atoms with Gasteiger partial charge in [-0.2, -0.15) is 0 Å². The smallest absolute Gasteiger partial charge is 0.325 e. The monoisotopic (exact) mass is 471 g/mol. The molecule has 7 nitrogen and oxygen atoms in total. The van der Waals surface area contributed by atoms with Crippen molar-refractivity contribution in [3.05, 3.63) is 95.6 Å². The molecule has 0 radical (unpaired) electrons. The Bertz CT molecular complexity index is 1210. The van der Waals surface area contributed by atoms with Gasteiger partial charge in [0.25, 0.3) is 5.91 Å². The first kappa shape index (κ1) is 24.0. The number of benzene rings is 3. The van der Waals surface area contributed by atoms with E-state index in [2.05, 4.69) is 10.6 Å². The molecular formula is C28H29N3O4. The average Bonchev–Trinajstić information content (AvgIpc) is 3.08. The number of ether oxygens (including phenoxy) is 1. The van der Waals surface area contributed by atoms with Crippen LogP contribution in [0.15, 0.2) is 78.9 Å². The van der Waals surface area contributed by atoms with Gasteiger partial charge in [0.2, 0.25) is 5.91 Å². The van der Waals surface area contributed by atoms with Gasteiger partial charge in [0.05, 0.1) is 7.11 Å². The summed E-state index contributed by atoms with van der Waals surface area (Å²) in [5.41, 5.74) is 2.70. The molecule has 1 heterocycles. The molecule has 1 atom stereocenters. The van der Waals surface area contributed by atoms with Crippen molar-refractivity contribution >= 4 is 23.5 Å². The first-order chi connectivity index (χ1) is 16.9. The number of nitrogens with one attached hydrogen (secondary N) is 2. The van der Waals surface area contributed by atoms with E-state index in [1.807, 2.05) is 78.9 Å². The van der Waals surface area contributed by atoms with Crippen LogP contribution in [0.5, 0.6) is 5.75 Å². The molecule has 4 rings (SSSR count). The molecule has 1 saturated heterocycles. The van der Waals surface area contributed by atoms with Crippen LogP contribution in [-0.2, 0) is 22.4 Å². The fourth-order valence-corrected chi connectivity index (χ4v) is 4.19. The van der Waals surface area contributed by atoms with E-state index in [1.54, 1.807) is 14.0 Å². The van der Waals surface area contributed by atoms with E-state index in [9.17, 15) is 14.4 Å². The zero-order chi connectivity index (χ0) is 24.8. The zero-order valence-electron chi connectivity index (χ0n) is 19.9. The molecular weight excluding hydrogens is 442 g/mol. The fraction of sp³-hybridized carbons (Fsp3) is 0.250. The predicted octanol–water partition coefficient (Wildman–Crippen LogP) is 4.17. The van der Waals surface area contributed by atoms with Crippen LogP contribution >= 0.6 is 0 Å². The van der Waals surface area contributed by atoms with Crippen molar-refractivity contribution in [1.29, 1.82) is 0 Å². The van der Waals surface area contributed by atoms with Gasteiger partial charge in [-0.1, -0.05) is 60.7 Å². The molecule has 2 N–H and O–H groups in total. The number of methoxy groups -OCH3 is 1. The summed E-state index contributed by atoms with van der Waals surface area (Å²) in [5, 5.41) is 5.64. The summed E-state index contributed by atoms with van der Waals surface area (Å²) < 4.78 is 5.17. The number of aryl methyl sites for hydroxylation is 1. The standard InChI is InChI=1S/C28H29N3O4/c1-28(17-16-20-12-14-23(35-2)15-13-20)26(33)31(27(34)30-28)19-25(32)29-24-11-7-6-10-22(24)18-21-8-4-3-5-9-21/h3-15H,16-19H2,1-2H3,(H,29,32)(H,30,34)/t28-/m1/s1. The van der Waals surface area contributed by atoms with Crippen molar-refractivity contribution < 1.29 is 19.1 Å². The van der Waals surface area contributed by atoms with Crippen LogP contribution in [-0.4, -0.2) is 41.9 Å². The van der Waals surface area contributed by atoms with Gasteiger partial charge < -0.3 is 15.4 Å². The van der Waals surface area contributed by atoms with Crippen LogP contribution in [0.1, 0.15) is 30.0 Å². The van der Waals surface area contributed by atoms with Gasteiger partial charge in [-0.05, 0) is 61.1 Å². The topological polar surface area (TPSA) is 87.7 Å². The number of imide groups is 1. The van der Waals surface area contributed by atoms with Crippen molar-refractivity contribution in [1.82, 2.24) is 10.2 Å². The normalized spacial score (nSPS) is 17.3. The summed E-state index contributed by atoms with van der Waals surface area (Å²) in [6.07, 6.45) is 1.67. The molecule has 1 aliphatic heterocycles. The van der Waals surface area contributed by atoms with Crippen LogP contribution in [0.4, 0.5) is 10.5 Å². The van der Waals surface area contributed by atoms with E-state index in [0.29, 0.717) is 24.9 Å². The molecule has 0 spiro atoms. The van der Waals surface area contributed by atoms with Gasteiger partial charge in [-0.25, -0.2) is 4.79 Å². The summed E-state index contributed by atoms with van der Waals surface area (Å²) in [6, 6.07) is 24.5. The number of hydrogen-bond acceptors (Lipinski definition) is 4. The molecule has 4 amide bonds. The highest BCUT2D eigenvalue weighted by Gasteiger charge is 2.47. The third-order valence-electron chi connectivity index (χ3n) is 6.25. The molecule has 35 heavy (non-hydrogen) atoms. The van der Waals surface area contributed by atoms with E-state index in [-0.39, 0.29) is 6.54 Å². The third-order valence-corrected chi connectivity index (χ3v) is 6.25. The Hall–Kier alpha value is -4.13. The Labute approximate surface area is 205 Å². The van der Waals surface area contributed by atoms with Gasteiger partial charge in [0, 0.05) is 5.69 Å². The van der Waals surface area contributed by atoms with Gasteiger partial charge in [-0.15, -0.1) is 0 Å². The Balaban J connectivity index is 1.38. The molecule has 3 aromatic rings. The first-order valence-electron chi connectivity index (χ1n) is 11.6. The van der Waals surface area contributed by atoms with Crippen LogP contribution < -0.4 is 15.4 Å². The number of rotatable bonds is 9. The van der Waals surface area contributed by atoms with E-state index in [1.165, 1.54) is 0 Å². The SMILES string of the molecule is COc1ccc(CC[C@@]2(C)NC(=O)N(CC(=O)Nc3ccccc3Cc3ccccc3)C2=O)cc1. The quantitative estimate of drug-likeness (QED) is 0.459. The van der Waals surface area contributed by atoms with Gasteiger partial charge in [-0.3, -0.25) is 14.5 Å². The number of hydrogen-bond donors (Lipinski definition) is 2. The Morgan fingerprint density at radius 2 is 1.63 bits per heavy atom. The Morgan fingerprint density at radius 3 is 2.34 bits per heavy atom. The first-order valence-corrected chi connectivity index (χ1v) is 11.6. The number of urea groups is 1. The summed E-state index contributed by atoms with van der Waals surface area (Å²) >= 11 is 0. The second-order valence-corrected chi connectivity index (χ2v) is 8.87. The van der Waals surface area contributed by atoms with Crippen molar-refractivity contribution in [3.63, 3.8) is 0 Å². The molecule has 0 aliphatic carbocycles. The minimum atomic E-state index is -1.07. The number of nitrogens with zero attached hydrogens (tertiary/aromatic N) is 1. The largest absolute Gasteiger partial charge is 0.497 e. The lowest BCUT2D eigenvalue weighted by molar-refractivity contribution is -0.133. The minimum Gasteiger partial charge on any atom is -0.497 e. The molecule has 0 unspecified atom stereocenters. The summed E-state index contributed by atoms with van der Waals surface area (Å²) in [6.45, 7) is 1.35. The molecule has 180 valence electrons. The Morgan fingerprint density at radius 1 is 0.943 bits per heavy atom. The fourth-order valence-electron chi connectivity index (χ4n) is 4.19. The Kier molecular flexibility index (Phi) is 7.15. The van der Waals surface area contributed by atoms with Crippen LogP contribution in [0, 0.1) is 0 Å². The van der Waals surface area contributed by atoms with Crippen molar-refractivity contribution in [2.75, 3.05) is 19.0 Å². The maximum atomic E-state index is 13.1. The van der Waals surface area contributed by atoms with Crippen molar-refractivity contribution in [2.45, 2.75) is 31.7 Å². The van der Waals surface area contributed by atoms with Crippen molar-refractivity contribution in [3.8, 4) is 5.75 Å². The van der Waals surface area contributed by atoms with Gasteiger partial charge >= 0.3 is 6.03 Å². The molecule has 3 aromatic carbocycles. The number of anilines is 1. The van der Waals surface area contributed by atoms with Crippen LogP contribution in [0.2, 0.25) is 0 Å². The lowest BCUT2D eigenvalue weighted by atomic mass is 9.93. The highest BCUT2D eigenvalue weighted by atomic mass is 16.5. The van der Waals surface area contributed by atoms with E-state index in [4.69, 9.17) is 4.74 Å². The zero-order valence-corrected chi connectivity index (χ0v) is 19.9. The molecule has 7 heteroatoms. The van der Waals surface area contributed by atoms with Crippen molar-refractivity contribution in [2.24, 2.45) is 0 Å². The second kappa shape index (κ2) is 10.4. The second-order valence-electron chi connectivity index (χ2n) is 8.87. The highest BCUT2D eigenvalue weighted by Crippen LogP contribution is 2.25. The molecule has 0 bridgehead atoms. The van der Waals surface area contributed by atoms with E-state index >= 15 is 0 Å². The van der Waals surface area contributed by atoms with Crippen LogP contribution in [0.25, 0.3) is 0 Å². The minimum absolute atomic E-state index is 0.345. The maximum absolute atomic E-state index is 13.1. The summed E-state index contributed by atoms with van der Waals surface area (Å²) in [4.78, 5) is 39.5. The van der Waals surface area contributed by atoms with Gasteiger partial charge in [0.1, 0.15) is 17.8 Å². The van der Waals surface area contributed by atoms with E-state index < -0.39 is 23.4 Å². The highest BCUT2D eigenvalue weighted by molar-refractivity contribution is 6.10. The number of carbonyl (C=O) groups is 3. The maximum Gasteiger partial charge on any atom is 0.325 e. The third kappa shape index (κ3) is 5.69. The van der Waals surface area contributed by atoms with Gasteiger partial charge in [0.15, 0.2) is 0 Å². The average molecular weight is 472 g/mol. The summed E-state index contributed by atoms with van der Waals surface area (Å²) in [7, 11) is 1.61. The predicted molar refractivity (Wildman–Crippen MR) is 134 cm³/mol.